The van der Waals surface area contributed by atoms with Gasteiger partial charge in [-0.05, 0) is 26.0 Å². The van der Waals surface area contributed by atoms with Crippen LogP contribution in [0, 0.1) is 0 Å². The number of hydrogen-bond acceptors (Lipinski definition) is 3. The van der Waals surface area contributed by atoms with Gasteiger partial charge in [-0.2, -0.15) is 26.3 Å². The first-order valence-electron chi connectivity index (χ1n) is 7.66. The summed E-state index contributed by atoms with van der Waals surface area (Å²) < 4.78 is 84.7. The van der Waals surface area contributed by atoms with Crippen molar-refractivity contribution < 1.29 is 31.1 Å². The highest BCUT2D eigenvalue weighted by atomic mass is 19.4. The van der Waals surface area contributed by atoms with Gasteiger partial charge in [0.15, 0.2) is 5.75 Å². The third kappa shape index (κ3) is 3.19. The van der Waals surface area contributed by atoms with Crippen molar-refractivity contribution in [3.05, 3.63) is 34.1 Å². The molecule has 0 radical (unpaired) electrons. The van der Waals surface area contributed by atoms with Gasteiger partial charge in [-0.3, -0.25) is 4.79 Å². The van der Waals surface area contributed by atoms with Gasteiger partial charge in [0.1, 0.15) is 12.6 Å². The molecule has 0 fully saturated rings. The van der Waals surface area contributed by atoms with Gasteiger partial charge in [-0.1, -0.05) is 0 Å². The smallest absolute Gasteiger partial charge is 0.417 e. The molecule has 4 nitrogen and oxygen atoms in total. The zero-order valence-corrected chi connectivity index (χ0v) is 13.6. The molecule has 1 aliphatic rings. The van der Waals surface area contributed by atoms with Crippen LogP contribution in [0.4, 0.5) is 32.0 Å². The van der Waals surface area contributed by atoms with Crippen LogP contribution in [-0.2, 0) is 6.18 Å². The standard InChI is InChI=1S/C16H14F6N2O2/c1-7-8(2)26-14-11(24(7)6-15(17,18)19)4-3-10-13(14)9(16(20,21)22)5-12(25)23-10/h3-5,7-8H,6H2,1-2H3,(H,23,25)/t7-,8-/m1/s1. The molecular formula is C16H14F6N2O2. The molecule has 1 N–H and O–H groups in total. The van der Waals surface area contributed by atoms with E-state index in [0.717, 1.165) is 11.0 Å². The second-order valence-electron chi connectivity index (χ2n) is 6.19. The number of aromatic nitrogens is 1. The topological polar surface area (TPSA) is 45.3 Å². The third-order valence-corrected chi connectivity index (χ3v) is 4.38. The fourth-order valence-electron chi connectivity index (χ4n) is 3.06. The molecule has 142 valence electrons. The lowest BCUT2D eigenvalue weighted by Gasteiger charge is -2.41. The summed E-state index contributed by atoms with van der Waals surface area (Å²) in [7, 11) is 0. The van der Waals surface area contributed by atoms with Crippen molar-refractivity contribution >= 4 is 16.6 Å². The first kappa shape index (κ1) is 18.4. The van der Waals surface area contributed by atoms with E-state index in [4.69, 9.17) is 4.74 Å². The van der Waals surface area contributed by atoms with Crippen LogP contribution in [0.5, 0.6) is 5.75 Å². The molecule has 0 amide bonds. The molecule has 1 aromatic heterocycles. The zero-order valence-electron chi connectivity index (χ0n) is 13.6. The summed E-state index contributed by atoms with van der Waals surface area (Å²) in [5.41, 5.74) is -2.47. The predicted molar refractivity (Wildman–Crippen MR) is 82.5 cm³/mol. The van der Waals surface area contributed by atoms with Crippen molar-refractivity contribution in [1.29, 1.82) is 0 Å². The maximum atomic E-state index is 13.4. The number of aromatic amines is 1. The second-order valence-corrected chi connectivity index (χ2v) is 6.19. The Morgan fingerprint density at radius 1 is 1.15 bits per heavy atom. The van der Waals surface area contributed by atoms with Gasteiger partial charge >= 0.3 is 12.4 Å². The quantitative estimate of drug-likeness (QED) is 0.759. The molecule has 0 saturated carbocycles. The minimum Gasteiger partial charge on any atom is -0.486 e. The van der Waals surface area contributed by atoms with Gasteiger partial charge in [0.2, 0.25) is 5.56 Å². The molecule has 0 bridgehead atoms. The predicted octanol–water partition coefficient (Wildman–Crippen LogP) is 4.09. The van der Waals surface area contributed by atoms with Crippen molar-refractivity contribution in [2.24, 2.45) is 0 Å². The van der Waals surface area contributed by atoms with Crippen molar-refractivity contribution in [3.63, 3.8) is 0 Å². The van der Waals surface area contributed by atoms with Gasteiger partial charge in [0.05, 0.1) is 28.2 Å². The van der Waals surface area contributed by atoms with Gasteiger partial charge < -0.3 is 14.6 Å². The number of H-pyrrole nitrogens is 1. The monoisotopic (exact) mass is 380 g/mol. The van der Waals surface area contributed by atoms with Crippen LogP contribution in [-0.4, -0.2) is 29.9 Å². The first-order chi connectivity index (χ1) is 11.9. The van der Waals surface area contributed by atoms with Gasteiger partial charge in [-0.15, -0.1) is 0 Å². The minimum absolute atomic E-state index is 0.0991. The lowest BCUT2D eigenvalue weighted by Crippen LogP contribution is -2.50. The van der Waals surface area contributed by atoms with Crippen LogP contribution in [0.1, 0.15) is 19.4 Å². The fourth-order valence-corrected chi connectivity index (χ4v) is 3.06. The van der Waals surface area contributed by atoms with Gasteiger partial charge in [0, 0.05) is 6.07 Å². The van der Waals surface area contributed by atoms with E-state index in [2.05, 4.69) is 4.98 Å². The zero-order chi connectivity index (χ0) is 19.4. The van der Waals surface area contributed by atoms with Crippen molar-refractivity contribution in [2.45, 2.75) is 38.3 Å². The van der Waals surface area contributed by atoms with E-state index < -0.39 is 47.6 Å². The highest BCUT2D eigenvalue weighted by Crippen LogP contribution is 2.46. The number of nitrogens with zero attached hydrogens (tertiary/aromatic N) is 1. The average Bonchev–Trinajstić information content (AvgIpc) is 2.48. The van der Waals surface area contributed by atoms with Crippen molar-refractivity contribution in [2.75, 3.05) is 11.4 Å². The Kier molecular flexibility index (Phi) is 4.12. The molecule has 0 unspecified atom stereocenters. The van der Waals surface area contributed by atoms with Gasteiger partial charge in [-0.25, -0.2) is 0 Å². The summed E-state index contributed by atoms with van der Waals surface area (Å²) >= 11 is 0. The molecule has 0 aliphatic carbocycles. The number of nitrogens with one attached hydrogen (secondary N) is 1. The number of halogens is 6. The van der Waals surface area contributed by atoms with E-state index in [0.29, 0.717) is 6.07 Å². The Bertz CT molecular complexity index is 902. The Morgan fingerprint density at radius 2 is 1.81 bits per heavy atom. The van der Waals surface area contributed by atoms with Crippen LogP contribution in [0.25, 0.3) is 10.9 Å². The van der Waals surface area contributed by atoms with Crippen LogP contribution in [0.2, 0.25) is 0 Å². The summed E-state index contributed by atoms with van der Waals surface area (Å²) in [4.78, 5) is 14.8. The van der Waals surface area contributed by atoms with E-state index in [9.17, 15) is 31.1 Å². The normalized spacial score (nSPS) is 20.8. The van der Waals surface area contributed by atoms with Crippen LogP contribution >= 0.6 is 0 Å². The molecule has 3 rings (SSSR count). The Labute approximate surface area is 143 Å². The van der Waals surface area contributed by atoms with Crippen LogP contribution in [0.15, 0.2) is 23.0 Å². The molecule has 2 heterocycles. The molecule has 0 spiro atoms. The lowest BCUT2D eigenvalue weighted by atomic mass is 10.0. The van der Waals surface area contributed by atoms with Crippen molar-refractivity contribution in [1.82, 2.24) is 4.98 Å². The van der Waals surface area contributed by atoms with E-state index in [1.165, 1.54) is 19.9 Å². The van der Waals surface area contributed by atoms with Gasteiger partial charge in [0.25, 0.3) is 0 Å². The number of pyridine rings is 1. The number of alkyl halides is 6. The molecule has 0 saturated heterocycles. The Morgan fingerprint density at radius 3 is 2.38 bits per heavy atom. The summed E-state index contributed by atoms with van der Waals surface area (Å²) in [5, 5.41) is -0.458. The highest BCUT2D eigenvalue weighted by molar-refractivity contribution is 5.94. The number of hydrogen-bond donors (Lipinski definition) is 1. The molecular weight excluding hydrogens is 366 g/mol. The molecule has 10 heteroatoms. The van der Waals surface area contributed by atoms with E-state index in [1.807, 2.05) is 0 Å². The largest absolute Gasteiger partial charge is 0.486 e. The summed E-state index contributed by atoms with van der Waals surface area (Å²) in [5.74, 6) is -0.319. The number of ether oxygens (including phenoxy) is 1. The van der Waals surface area contributed by atoms with E-state index in [1.54, 1.807) is 0 Å². The average molecular weight is 380 g/mol. The number of rotatable bonds is 1. The minimum atomic E-state index is -4.87. The SMILES string of the molecule is C[C@@H]1[C@@H](C)Oc2c(ccc3[nH]c(=O)cc(C(F)(F)F)c23)N1CC(F)(F)F. The van der Waals surface area contributed by atoms with E-state index >= 15 is 0 Å². The summed E-state index contributed by atoms with van der Waals surface area (Å²) in [6.07, 6.45) is -10.2. The molecule has 2 atom stereocenters. The number of benzene rings is 1. The van der Waals surface area contributed by atoms with Crippen molar-refractivity contribution in [3.8, 4) is 5.75 Å². The molecule has 1 aromatic carbocycles. The number of anilines is 1. The first-order valence-corrected chi connectivity index (χ1v) is 7.66. The molecule has 26 heavy (non-hydrogen) atoms. The number of fused-ring (bicyclic) bond motifs is 3. The maximum Gasteiger partial charge on any atom is 0.417 e. The highest BCUT2D eigenvalue weighted by Gasteiger charge is 2.41. The molecule has 1 aliphatic heterocycles. The fraction of sp³-hybridized carbons (Fsp3) is 0.438. The third-order valence-electron chi connectivity index (χ3n) is 4.38. The Balaban J connectivity index is 2.32. The summed E-state index contributed by atoms with van der Waals surface area (Å²) in [6.45, 7) is 1.65. The second kappa shape index (κ2) is 5.82. The van der Waals surface area contributed by atoms with Crippen LogP contribution in [0.3, 0.4) is 0 Å². The summed E-state index contributed by atoms with van der Waals surface area (Å²) in [6, 6.07) is 2.05. The Hall–Kier alpha value is -2.39. The van der Waals surface area contributed by atoms with Crippen LogP contribution < -0.4 is 15.2 Å². The lowest BCUT2D eigenvalue weighted by molar-refractivity contribution is -0.136. The maximum absolute atomic E-state index is 13.4. The van der Waals surface area contributed by atoms with E-state index in [-0.39, 0.29) is 17.0 Å². The molecule has 2 aromatic rings.